The van der Waals surface area contributed by atoms with Gasteiger partial charge in [0.25, 0.3) is 0 Å². The minimum absolute atomic E-state index is 0.0496. The van der Waals surface area contributed by atoms with Crippen molar-refractivity contribution in [3.05, 3.63) is 0 Å². The van der Waals surface area contributed by atoms with Crippen LogP contribution < -0.4 is 5.32 Å². The maximum absolute atomic E-state index is 11.9. The molecule has 0 spiro atoms. The van der Waals surface area contributed by atoms with E-state index in [0.29, 0.717) is 19.0 Å². The van der Waals surface area contributed by atoms with Gasteiger partial charge in [0.15, 0.2) is 0 Å². The van der Waals surface area contributed by atoms with Gasteiger partial charge in [-0.3, -0.25) is 4.79 Å². The Morgan fingerprint density at radius 2 is 2.06 bits per heavy atom. The molecular weight excluding hydrogens is 220 g/mol. The number of hydrogen-bond acceptors (Lipinski definition) is 3. The summed E-state index contributed by atoms with van der Waals surface area (Å²) < 4.78 is 5.30. The first-order chi connectivity index (χ1) is 7.78. The second-order valence-corrected chi connectivity index (χ2v) is 6.00. The number of piperidine rings is 1. The molecule has 96 valence electrons. The van der Waals surface area contributed by atoms with E-state index in [0.717, 1.165) is 6.42 Å². The zero-order valence-corrected chi connectivity index (χ0v) is 10.9. The summed E-state index contributed by atoms with van der Waals surface area (Å²) in [6.45, 7) is 6.66. The fraction of sp³-hybridized carbons (Fsp3) is 0.833. The van der Waals surface area contributed by atoms with Crippen molar-refractivity contribution in [1.82, 2.24) is 10.2 Å². The fourth-order valence-electron chi connectivity index (χ4n) is 2.55. The van der Waals surface area contributed by atoms with Crippen LogP contribution in [0.15, 0.2) is 0 Å². The van der Waals surface area contributed by atoms with Crippen LogP contribution in [0.4, 0.5) is 4.79 Å². The standard InChI is InChI=1S/C12H20N2O3/c1-11(2,3)17-10(16)14-6-8-5-12(8,7-14)9(15)13-4/h8H,5-7H2,1-4H3,(H,13,15)/t8-,12?/m1/s1. The van der Waals surface area contributed by atoms with Crippen molar-refractivity contribution in [1.29, 1.82) is 0 Å². The number of nitrogens with one attached hydrogen (secondary N) is 1. The third-order valence-electron chi connectivity index (χ3n) is 3.48. The van der Waals surface area contributed by atoms with Gasteiger partial charge in [0, 0.05) is 20.1 Å². The third-order valence-corrected chi connectivity index (χ3v) is 3.48. The molecule has 0 aromatic rings. The predicted octanol–water partition coefficient (Wildman–Crippen LogP) is 0.989. The highest BCUT2D eigenvalue weighted by atomic mass is 16.6. The van der Waals surface area contributed by atoms with E-state index in [2.05, 4.69) is 5.32 Å². The number of fused-ring (bicyclic) bond motifs is 1. The molecule has 1 aliphatic carbocycles. The molecule has 2 amide bonds. The van der Waals surface area contributed by atoms with Gasteiger partial charge in [-0.2, -0.15) is 0 Å². The van der Waals surface area contributed by atoms with Gasteiger partial charge >= 0.3 is 6.09 Å². The zero-order valence-electron chi connectivity index (χ0n) is 10.9. The lowest BCUT2D eigenvalue weighted by atomic mass is 10.1. The van der Waals surface area contributed by atoms with Gasteiger partial charge in [0.1, 0.15) is 5.60 Å². The van der Waals surface area contributed by atoms with Gasteiger partial charge in [0.2, 0.25) is 5.91 Å². The minimum Gasteiger partial charge on any atom is -0.444 e. The first kappa shape index (κ1) is 12.2. The molecule has 5 heteroatoms. The van der Waals surface area contributed by atoms with E-state index < -0.39 is 5.60 Å². The molecule has 17 heavy (non-hydrogen) atoms. The molecule has 2 aliphatic rings. The van der Waals surface area contributed by atoms with Crippen LogP contribution in [0.1, 0.15) is 27.2 Å². The lowest BCUT2D eigenvalue weighted by Crippen LogP contribution is -2.40. The van der Waals surface area contributed by atoms with Crippen molar-refractivity contribution in [3.63, 3.8) is 0 Å². The molecule has 2 atom stereocenters. The Kier molecular flexibility index (Phi) is 2.60. The second kappa shape index (κ2) is 3.62. The molecule has 1 saturated heterocycles. The van der Waals surface area contributed by atoms with Crippen molar-refractivity contribution < 1.29 is 14.3 Å². The van der Waals surface area contributed by atoms with Crippen molar-refractivity contribution >= 4 is 12.0 Å². The van der Waals surface area contributed by atoms with E-state index in [1.54, 1.807) is 11.9 Å². The Hall–Kier alpha value is -1.26. The van der Waals surface area contributed by atoms with Crippen LogP contribution >= 0.6 is 0 Å². The normalized spacial score (nSPS) is 30.8. The molecule has 0 aromatic heterocycles. The number of likely N-dealkylation sites (tertiary alicyclic amines) is 1. The largest absolute Gasteiger partial charge is 0.444 e. The van der Waals surface area contributed by atoms with Crippen LogP contribution in [0.3, 0.4) is 0 Å². The first-order valence-corrected chi connectivity index (χ1v) is 5.98. The molecule has 1 saturated carbocycles. The van der Waals surface area contributed by atoms with Crippen molar-refractivity contribution in [2.45, 2.75) is 32.8 Å². The lowest BCUT2D eigenvalue weighted by molar-refractivity contribution is -0.125. The summed E-state index contributed by atoms with van der Waals surface area (Å²) in [5.74, 6) is 0.364. The van der Waals surface area contributed by atoms with Gasteiger partial charge < -0.3 is 15.0 Å². The predicted molar refractivity (Wildman–Crippen MR) is 62.4 cm³/mol. The quantitative estimate of drug-likeness (QED) is 0.743. The summed E-state index contributed by atoms with van der Waals surface area (Å²) in [6.07, 6.45) is 0.583. The maximum atomic E-state index is 11.9. The third kappa shape index (κ3) is 2.10. The molecule has 0 bridgehead atoms. The molecule has 1 N–H and O–H groups in total. The Morgan fingerprint density at radius 3 is 2.59 bits per heavy atom. The highest BCUT2D eigenvalue weighted by Crippen LogP contribution is 2.57. The molecule has 2 rings (SSSR count). The lowest BCUT2D eigenvalue weighted by Gasteiger charge is -2.26. The molecule has 1 unspecified atom stereocenters. The average molecular weight is 240 g/mol. The van der Waals surface area contributed by atoms with Crippen LogP contribution in [0, 0.1) is 11.3 Å². The van der Waals surface area contributed by atoms with Crippen LogP contribution in [0.2, 0.25) is 0 Å². The number of carbonyl (C=O) groups excluding carboxylic acids is 2. The highest BCUT2D eigenvalue weighted by molar-refractivity contribution is 5.87. The Labute approximate surface area is 101 Å². The molecule has 0 radical (unpaired) electrons. The van der Waals surface area contributed by atoms with E-state index >= 15 is 0 Å². The fourth-order valence-corrected chi connectivity index (χ4v) is 2.55. The van der Waals surface area contributed by atoms with E-state index in [1.165, 1.54) is 0 Å². The first-order valence-electron chi connectivity index (χ1n) is 5.98. The van der Waals surface area contributed by atoms with Gasteiger partial charge in [-0.25, -0.2) is 4.79 Å². The minimum atomic E-state index is -0.482. The molecule has 1 heterocycles. The molecule has 1 aliphatic heterocycles. The van der Waals surface area contributed by atoms with E-state index in [1.807, 2.05) is 20.8 Å². The number of amides is 2. The number of rotatable bonds is 1. The highest BCUT2D eigenvalue weighted by Gasteiger charge is 2.65. The molecule has 0 aromatic carbocycles. The maximum Gasteiger partial charge on any atom is 0.410 e. The second-order valence-electron chi connectivity index (χ2n) is 6.00. The Morgan fingerprint density at radius 1 is 1.41 bits per heavy atom. The van der Waals surface area contributed by atoms with Gasteiger partial charge in [-0.15, -0.1) is 0 Å². The average Bonchev–Trinajstić information content (AvgIpc) is 2.78. The number of nitrogens with zero attached hydrogens (tertiary/aromatic N) is 1. The van der Waals surface area contributed by atoms with Gasteiger partial charge in [-0.05, 0) is 33.1 Å². The van der Waals surface area contributed by atoms with E-state index in [4.69, 9.17) is 4.74 Å². The Bertz CT molecular complexity index is 361. The van der Waals surface area contributed by atoms with Gasteiger partial charge in [-0.1, -0.05) is 0 Å². The van der Waals surface area contributed by atoms with E-state index in [9.17, 15) is 9.59 Å². The number of ether oxygens (including phenoxy) is 1. The van der Waals surface area contributed by atoms with Crippen molar-refractivity contribution in [3.8, 4) is 0 Å². The topological polar surface area (TPSA) is 58.6 Å². The smallest absolute Gasteiger partial charge is 0.410 e. The molecule has 2 fully saturated rings. The van der Waals surface area contributed by atoms with Crippen LogP contribution in [0.5, 0.6) is 0 Å². The summed E-state index contributed by atoms with van der Waals surface area (Å²) in [5, 5.41) is 2.68. The van der Waals surface area contributed by atoms with Crippen LogP contribution in [0.25, 0.3) is 0 Å². The number of carbonyl (C=O) groups is 2. The van der Waals surface area contributed by atoms with Crippen molar-refractivity contribution in [2.24, 2.45) is 11.3 Å². The summed E-state index contributed by atoms with van der Waals surface area (Å²) >= 11 is 0. The SMILES string of the molecule is CNC(=O)C12C[C@@H]1CN(C(=O)OC(C)(C)C)C2. The summed E-state index contributed by atoms with van der Waals surface area (Å²) in [5.41, 5.74) is -0.810. The Balaban J connectivity index is 1.96. The van der Waals surface area contributed by atoms with Gasteiger partial charge in [0.05, 0.1) is 5.41 Å². The zero-order chi connectivity index (χ0) is 12.8. The summed E-state index contributed by atoms with van der Waals surface area (Å²) in [7, 11) is 1.64. The molecular formula is C12H20N2O3. The monoisotopic (exact) mass is 240 g/mol. The van der Waals surface area contributed by atoms with Crippen LogP contribution in [-0.4, -0.2) is 42.6 Å². The van der Waals surface area contributed by atoms with Crippen molar-refractivity contribution in [2.75, 3.05) is 20.1 Å². The van der Waals surface area contributed by atoms with E-state index in [-0.39, 0.29) is 17.4 Å². The molecule has 5 nitrogen and oxygen atoms in total. The van der Waals surface area contributed by atoms with Crippen LogP contribution in [-0.2, 0) is 9.53 Å². The summed E-state index contributed by atoms with van der Waals surface area (Å²) in [6, 6.07) is 0. The summed E-state index contributed by atoms with van der Waals surface area (Å²) in [4.78, 5) is 25.2. The number of hydrogen-bond donors (Lipinski definition) is 1.